The molecule has 2 rings (SSSR count). The highest BCUT2D eigenvalue weighted by atomic mass is 19.1. The summed E-state index contributed by atoms with van der Waals surface area (Å²) in [5, 5.41) is 7.02. The fraction of sp³-hybridized carbons (Fsp3) is 0.143. The summed E-state index contributed by atoms with van der Waals surface area (Å²) in [5.74, 6) is -0.562. The van der Waals surface area contributed by atoms with E-state index in [1.165, 1.54) is 7.11 Å². The van der Waals surface area contributed by atoms with Crippen LogP contribution in [-0.2, 0) is 0 Å². The lowest BCUT2D eigenvalue weighted by molar-refractivity contribution is 0.367. The number of hydrogen-bond acceptors (Lipinski definition) is 6. The van der Waals surface area contributed by atoms with Crippen molar-refractivity contribution >= 4 is 0 Å². The second-order valence-electron chi connectivity index (χ2n) is 2.29. The van der Waals surface area contributed by atoms with E-state index < -0.39 is 5.82 Å². The molecule has 0 aromatic carbocycles. The quantitative estimate of drug-likeness (QED) is 0.702. The maximum Gasteiger partial charge on any atom is 0.285 e. The Morgan fingerprint density at radius 3 is 3.00 bits per heavy atom. The molecule has 0 unspecified atom stereocenters. The molecule has 14 heavy (non-hydrogen) atoms. The van der Waals surface area contributed by atoms with E-state index >= 15 is 0 Å². The molecular weight excluding hydrogens is 191 g/mol. The molecule has 0 N–H and O–H groups in total. The number of ether oxygens (including phenoxy) is 1. The van der Waals surface area contributed by atoms with Crippen LogP contribution < -0.4 is 4.74 Å². The lowest BCUT2D eigenvalue weighted by Crippen LogP contribution is -1.97. The van der Waals surface area contributed by atoms with Crippen molar-refractivity contribution < 1.29 is 13.5 Å². The minimum Gasteiger partial charge on any atom is -0.479 e. The molecule has 0 saturated heterocycles. The zero-order valence-electron chi connectivity index (χ0n) is 7.14. The molecule has 0 bridgehead atoms. The Morgan fingerprint density at radius 2 is 2.36 bits per heavy atom. The average Bonchev–Trinajstić information content (AvgIpc) is 2.71. The SMILES string of the molecule is COc1nc(-c2nnco2)ncc1F. The molecule has 2 aromatic heterocycles. The minimum atomic E-state index is -0.643. The van der Waals surface area contributed by atoms with Crippen LogP contribution in [0.3, 0.4) is 0 Å². The number of nitrogens with zero attached hydrogens (tertiary/aromatic N) is 4. The summed E-state index contributed by atoms with van der Waals surface area (Å²) < 4.78 is 22.4. The summed E-state index contributed by atoms with van der Waals surface area (Å²) in [7, 11) is 1.31. The second-order valence-corrected chi connectivity index (χ2v) is 2.29. The van der Waals surface area contributed by atoms with Gasteiger partial charge in [-0.3, -0.25) is 0 Å². The summed E-state index contributed by atoms with van der Waals surface area (Å²) >= 11 is 0. The van der Waals surface area contributed by atoms with Crippen molar-refractivity contribution in [1.29, 1.82) is 0 Å². The lowest BCUT2D eigenvalue weighted by atomic mass is 10.5. The highest BCUT2D eigenvalue weighted by Crippen LogP contribution is 2.16. The first-order chi connectivity index (χ1) is 6.81. The van der Waals surface area contributed by atoms with Crippen molar-refractivity contribution in [2.24, 2.45) is 0 Å². The van der Waals surface area contributed by atoms with E-state index in [2.05, 4.69) is 24.9 Å². The fourth-order valence-electron chi connectivity index (χ4n) is 0.868. The maximum atomic E-state index is 12.9. The third kappa shape index (κ3) is 1.39. The summed E-state index contributed by atoms with van der Waals surface area (Å²) in [6.07, 6.45) is 2.11. The Hall–Kier alpha value is -2.05. The predicted octanol–water partition coefficient (Wildman–Crippen LogP) is 0.674. The smallest absolute Gasteiger partial charge is 0.285 e. The minimum absolute atomic E-state index is 0.114. The monoisotopic (exact) mass is 196 g/mol. The Morgan fingerprint density at radius 1 is 1.50 bits per heavy atom. The van der Waals surface area contributed by atoms with Gasteiger partial charge in [-0.25, -0.2) is 4.98 Å². The van der Waals surface area contributed by atoms with Crippen LogP contribution >= 0.6 is 0 Å². The number of rotatable bonds is 2. The van der Waals surface area contributed by atoms with Crippen LogP contribution in [0, 0.1) is 5.82 Å². The largest absolute Gasteiger partial charge is 0.479 e. The first kappa shape index (κ1) is 8.54. The number of methoxy groups -OCH3 is 1. The van der Waals surface area contributed by atoms with Gasteiger partial charge in [-0.2, -0.15) is 9.37 Å². The maximum absolute atomic E-state index is 12.9. The van der Waals surface area contributed by atoms with Gasteiger partial charge in [0.05, 0.1) is 13.3 Å². The van der Waals surface area contributed by atoms with Crippen molar-refractivity contribution in [2.45, 2.75) is 0 Å². The molecule has 6 nitrogen and oxygen atoms in total. The van der Waals surface area contributed by atoms with E-state index in [0.717, 1.165) is 12.6 Å². The van der Waals surface area contributed by atoms with Gasteiger partial charge in [0, 0.05) is 0 Å². The fourth-order valence-corrected chi connectivity index (χ4v) is 0.868. The van der Waals surface area contributed by atoms with E-state index in [1.807, 2.05) is 0 Å². The second kappa shape index (κ2) is 3.36. The van der Waals surface area contributed by atoms with Crippen molar-refractivity contribution in [3.8, 4) is 17.6 Å². The summed E-state index contributed by atoms with van der Waals surface area (Å²) in [6, 6.07) is 0. The molecule has 0 aliphatic heterocycles. The lowest BCUT2D eigenvalue weighted by Gasteiger charge is -1.99. The number of hydrogen-bond donors (Lipinski definition) is 0. The highest BCUT2D eigenvalue weighted by Gasteiger charge is 2.11. The molecule has 7 heteroatoms. The molecule has 0 atom stereocenters. The third-order valence-electron chi connectivity index (χ3n) is 1.46. The van der Waals surface area contributed by atoms with Crippen molar-refractivity contribution in [3.05, 3.63) is 18.4 Å². The van der Waals surface area contributed by atoms with E-state index in [9.17, 15) is 4.39 Å². The molecule has 2 aromatic rings. The van der Waals surface area contributed by atoms with Crippen LogP contribution in [-0.4, -0.2) is 27.3 Å². The summed E-state index contributed by atoms with van der Waals surface area (Å²) in [5.41, 5.74) is 0. The molecule has 0 aliphatic carbocycles. The Labute approximate surface area is 77.8 Å². The molecular formula is C7H5FN4O2. The van der Waals surface area contributed by atoms with Gasteiger partial charge in [0.15, 0.2) is 0 Å². The molecule has 0 fully saturated rings. The topological polar surface area (TPSA) is 73.9 Å². The van der Waals surface area contributed by atoms with Crippen molar-refractivity contribution in [3.63, 3.8) is 0 Å². The summed E-state index contributed by atoms with van der Waals surface area (Å²) in [6.45, 7) is 0. The molecule has 0 aliphatic rings. The Balaban J connectivity index is 2.46. The normalized spacial score (nSPS) is 10.1. The molecule has 0 radical (unpaired) electrons. The van der Waals surface area contributed by atoms with Gasteiger partial charge in [0.25, 0.3) is 11.8 Å². The van der Waals surface area contributed by atoms with Gasteiger partial charge < -0.3 is 9.15 Å². The first-order valence-corrected chi connectivity index (χ1v) is 3.64. The zero-order chi connectivity index (χ0) is 9.97. The van der Waals surface area contributed by atoms with Crippen LogP contribution in [0.25, 0.3) is 11.7 Å². The molecule has 0 saturated carbocycles. The van der Waals surface area contributed by atoms with Crippen LogP contribution in [0.5, 0.6) is 5.88 Å². The van der Waals surface area contributed by atoms with Gasteiger partial charge in [-0.05, 0) is 0 Å². The van der Waals surface area contributed by atoms with Crippen molar-refractivity contribution in [2.75, 3.05) is 7.11 Å². The van der Waals surface area contributed by atoms with E-state index in [4.69, 9.17) is 4.42 Å². The van der Waals surface area contributed by atoms with E-state index in [-0.39, 0.29) is 17.6 Å². The molecule has 0 amide bonds. The van der Waals surface area contributed by atoms with Gasteiger partial charge in [-0.15, -0.1) is 10.2 Å². The Kier molecular flexibility index (Phi) is 2.05. The average molecular weight is 196 g/mol. The number of halogens is 1. The molecule has 72 valence electrons. The van der Waals surface area contributed by atoms with Crippen LogP contribution in [0.4, 0.5) is 4.39 Å². The van der Waals surface area contributed by atoms with Crippen LogP contribution in [0.15, 0.2) is 17.0 Å². The van der Waals surface area contributed by atoms with Gasteiger partial charge in [0.2, 0.25) is 18.0 Å². The Bertz CT molecular complexity index is 431. The predicted molar refractivity (Wildman–Crippen MR) is 41.8 cm³/mol. The van der Waals surface area contributed by atoms with E-state index in [1.54, 1.807) is 0 Å². The standard InChI is InChI=1S/C7H5FN4O2/c1-13-6-4(8)2-9-5(11-6)7-12-10-3-14-7/h2-3H,1H3. The zero-order valence-corrected chi connectivity index (χ0v) is 7.14. The molecule has 2 heterocycles. The summed E-state index contributed by atoms with van der Waals surface area (Å²) in [4.78, 5) is 7.40. The first-order valence-electron chi connectivity index (χ1n) is 3.64. The third-order valence-corrected chi connectivity index (χ3v) is 1.46. The van der Waals surface area contributed by atoms with Crippen LogP contribution in [0.1, 0.15) is 0 Å². The number of aromatic nitrogens is 4. The van der Waals surface area contributed by atoms with Crippen molar-refractivity contribution in [1.82, 2.24) is 20.2 Å². The van der Waals surface area contributed by atoms with Gasteiger partial charge in [-0.1, -0.05) is 0 Å². The van der Waals surface area contributed by atoms with Crippen LogP contribution in [0.2, 0.25) is 0 Å². The van der Waals surface area contributed by atoms with Gasteiger partial charge in [0.1, 0.15) is 0 Å². The molecule has 0 spiro atoms. The van der Waals surface area contributed by atoms with E-state index in [0.29, 0.717) is 0 Å². The highest BCUT2D eigenvalue weighted by molar-refractivity contribution is 5.39. The van der Waals surface area contributed by atoms with Gasteiger partial charge >= 0.3 is 0 Å².